The molecule has 2 atom stereocenters. The van der Waals surface area contributed by atoms with Gasteiger partial charge in [0.1, 0.15) is 11.0 Å². The summed E-state index contributed by atoms with van der Waals surface area (Å²) in [6, 6.07) is 1.69. The normalized spacial score (nSPS) is 15.2. The molecule has 0 heterocycles. The van der Waals surface area contributed by atoms with Crippen molar-refractivity contribution in [2.24, 2.45) is 5.92 Å². The van der Waals surface area contributed by atoms with Crippen LogP contribution in [-0.2, 0) is 15.6 Å². The highest BCUT2D eigenvalue weighted by molar-refractivity contribution is 7.86. The Morgan fingerprint density at radius 1 is 1.67 bits per heavy atom. The third-order valence-electron chi connectivity index (χ3n) is 1.34. The Hall–Kier alpha value is -0.890. The van der Waals surface area contributed by atoms with Crippen LogP contribution < -0.4 is 0 Å². The van der Waals surface area contributed by atoms with Gasteiger partial charge in [-0.1, -0.05) is 13.8 Å². The van der Waals surface area contributed by atoms with E-state index < -0.39 is 22.0 Å². The molecule has 0 aliphatic rings. The van der Waals surface area contributed by atoms with Gasteiger partial charge in [-0.2, -0.15) is 5.26 Å². The Morgan fingerprint density at radius 2 is 2.17 bits per heavy atom. The van der Waals surface area contributed by atoms with Crippen LogP contribution >= 0.6 is 0 Å². The van der Waals surface area contributed by atoms with Crippen molar-refractivity contribution in [3.63, 3.8) is 0 Å². The minimum Gasteiger partial charge on any atom is -0.480 e. The summed E-state index contributed by atoms with van der Waals surface area (Å²) >= 11 is 0. The Bertz CT molecular complexity index is 231. The maximum Gasteiger partial charge on any atom is 0.319 e. The third kappa shape index (κ3) is 3.01. The number of carboxylic acids is 1. The Labute approximate surface area is 73.7 Å². The average Bonchev–Trinajstić information content (AvgIpc) is 1.85. The van der Waals surface area contributed by atoms with Crippen LogP contribution in [0.15, 0.2) is 0 Å². The van der Waals surface area contributed by atoms with Gasteiger partial charge >= 0.3 is 5.97 Å². The van der Waals surface area contributed by atoms with Crippen LogP contribution in [0.1, 0.15) is 13.8 Å². The first-order chi connectivity index (χ1) is 5.50. The lowest BCUT2D eigenvalue weighted by atomic mass is 10.1. The first-order valence-electron chi connectivity index (χ1n) is 3.47. The van der Waals surface area contributed by atoms with Crippen LogP contribution in [-0.4, -0.2) is 26.3 Å². The second-order valence-electron chi connectivity index (χ2n) is 2.69. The summed E-state index contributed by atoms with van der Waals surface area (Å²) in [5, 5.41) is 15.9. The summed E-state index contributed by atoms with van der Waals surface area (Å²) in [6.07, 6.45) is 0. The Balaban J connectivity index is 4.43. The van der Waals surface area contributed by atoms with Crippen molar-refractivity contribution in [3.05, 3.63) is 0 Å². The highest BCUT2D eigenvalue weighted by Gasteiger charge is 2.27. The number of hydrogen-bond acceptors (Lipinski definition) is 3. The number of nitrogens with zero attached hydrogens (tertiary/aromatic N) is 1. The molecule has 0 bridgehead atoms. The van der Waals surface area contributed by atoms with Gasteiger partial charge in [-0.25, -0.2) is 0 Å². The molecule has 0 aromatic carbocycles. The zero-order valence-corrected chi connectivity index (χ0v) is 7.80. The second-order valence-corrected chi connectivity index (χ2v) is 4.24. The molecule has 0 aromatic heterocycles. The van der Waals surface area contributed by atoms with Gasteiger partial charge in [0.05, 0.1) is 16.9 Å². The van der Waals surface area contributed by atoms with Gasteiger partial charge in [0.2, 0.25) is 0 Å². The summed E-state index contributed by atoms with van der Waals surface area (Å²) < 4.78 is 11.1. The molecular weight excluding hydrogens is 178 g/mol. The van der Waals surface area contributed by atoms with Gasteiger partial charge < -0.3 is 5.11 Å². The predicted molar refractivity (Wildman–Crippen MR) is 44.9 cm³/mol. The summed E-state index contributed by atoms with van der Waals surface area (Å²) in [6.45, 7) is 3.35. The van der Waals surface area contributed by atoms with E-state index in [0.29, 0.717) is 0 Å². The van der Waals surface area contributed by atoms with Gasteiger partial charge in [0.15, 0.2) is 0 Å². The van der Waals surface area contributed by atoms with Gasteiger partial charge in [-0.3, -0.25) is 9.00 Å². The minimum atomic E-state index is -1.58. The van der Waals surface area contributed by atoms with E-state index in [1.165, 1.54) is 0 Å². The molecule has 0 aliphatic carbocycles. The summed E-state index contributed by atoms with van der Waals surface area (Å²) in [5.74, 6) is -1.52. The summed E-state index contributed by atoms with van der Waals surface area (Å²) in [7, 11) is -1.58. The van der Waals surface area contributed by atoms with Crippen LogP contribution in [0.5, 0.6) is 0 Å². The first kappa shape index (κ1) is 11.1. The molecule has 0 radical (unpaired) electrons. The molecule has 0 fully saturated rings. The molecule has 4 nitrogen and oxygen atoms in total. The van der Waals surface area contributed by atoms with Crippen molar-refractivity contribution in [1.82, 2.24) is 0 Å². The molecule has 0 rings (SSSR count). The monoisotopic (exact) mass is 189 g/mol. The number of nitriles is 1. The van der Waals surface area contributed by atoms with E-state index in [2.05, 4.69) is 0 Å². The average molecular weight is 189 g/mol. The van der Waals surface area contributed by atoms with Crippen LogP contribution in [0.2, 0.25) is 0 Å². The number of aliphatic carboxylic acids is 1. The van der Waals surface area contributed by atoms with E-state index in [9.17, 15) is 9.00 Å². The van der Waals surface area contributed by atoms with Crippen molar-refractivity contribution < 1.29 is 14.1 Å². The summed E-state index contributed by atoms with van der Waals surface area (Å²) in [5.41, 5.74) is 0. The molecule has 0 spiro atoms. The zero-order chi connectivity index (χ0) is 9.72. The van der Waals surface area contributed by atoms with Crippen molar-refractivity contribution in [1.29, 1.82) is 5.26 Å². The van der Waals surface area contributed by atoms with E-state index in [4.69, 9.17) is 10.4 Å². The van der Waals surface area contributed by atoms with Crippen LogP contribution in [0.3, 0.4) is 0 Å². The van der Waals surface area contributed by atoms with Crippen molar-refractivity contribution in [2.75, 3.05) is 5.75 Å². The lowest BCUT2D eigenvalue weighted by Crippen LogP contribution is -2.32. The smallest absolute Gasteiger partial charge is 0.319 e. The van der Waals surface area contributed by atoms with Gasteiger partial charge in [-0.15, -0.1) is 0 Å². The fourth-order valence-electron chi connectivity index (χ4n) is 0.855. The first-order valence-corrected chi connectivity index (χ1v) is 4.85. The molecular formula is C7H11NO3S. The number of carbonyl (C=O) groups is 1. The zero-order valence-electron chi connectivity index (χ0n) is 6.98. The number of carboxylic acid groups (broad SMARTS) is 1. The van der Waals surface area contributed by atoms with Crippen LogP contribution in [0.4, 0.5) is 0 Å². The third-order valence-corrected chi connectivity index (χ3v) is 3.06. The SMILES string of the molecule is CC(C)C(C(=O)O)S(=O)CC#N. The second kappa shape index (κ2) is 4.88. The standard InChI is InChI=1S/C7H11NO3S/c1-5(2)6(7(9)10)12(11)4-3-8/h5-6H,4H2,1-2H3,(H,9,10). The van der Waals surface area contributed by atoms with E-state index in [1.807, 2.05) is 0 Å². The van der Waals surface area contributed by atoms with E-state index >= 15 is 0 Å². The maximum atomic E-state index is 11.1. The lowest BCUT2D eigenvalue weighted by molar-refractivity contribution is -0.137. The highest BCUT2D eigenvalue weighted by atomic mass is 32.2. The molecule has 12 heavy (non-hydrogen) atoms. The molecule has 68 valence electrons. The minimum absolute atomic E-state index is 0.211. The molecule has 0 aromatic rings. The fraction of sp³-hybridized carbons (Fsp3) is 0.714. The van der Waals surface area contributed by atoms with E-state index in [-0.39, 0.29) is 11.7 Å². The molecule has 0 amide bonds. The van der Waals surface area contributed by atoms with E-state index in [0.717, 1.165) is 0 Å². The topological polar surface area (TPSA) is 78.2 Å². The molecule has 0 saturated carbocycles. The Kier molecular flexibility index (Phi) is 4.52. The number of hydrogen-bond donors (Lipinski definition) is 1. The van der Waals surface area contributed by atoms with Gasteiger partial charge in [-0.05, 0) is 5.92 Å². The van der Waals surface area contributed by atoms with Crippen molar-refractivity contribution in [3.8, 4) is 6.07 Å². The molecule has 0 saturated heterocycles. The molecule has 2 unspecified atom stereocenters. The molecule has 5 heteroatoms. The van der Waals surface area contributed by atoms with Gasteiger partial charge in [0.25, 0.3) is 0 Å². The molecule has 0 aliphatic heterocycles. The fourth-order valence-corrected chi connectivity index (χ4v) is 1.99. The van der Waals surface area contributed by atoms with Gasteiger partial charge in [0, 0.05) is 0 Å². The predicted octanol–water partition coefficient (Wildman–Crippen LogP) is 0.368. The van der Waals surface area contributed by atoms with Crippen LogP contribution in [0.25, 0.3) is 0 Å². The maximum absolute atomic E-state index is 11.1. The van der Waals surface area contributed by atoms with Crippen molar-refractivity contribution >= 4 is 16.8 Å². The largest absolute Gasteiger partial charge is 0.480 e. The number of rotatable bonds is 4. The Morgan fingerprint density at radius 3 is 2.42 bits per heavy atom. The highest BCUT2D eigenvalue weighted by Crippen LogP contribution is 2.09. The quantitative estimate of drug-likeness (QED) is 0.693. The van der Waals surface area contributed by atoms with E-state index in [1.54, 1.807) is 19.9 Å². The summed E-state index contributed by atoms with van der Waals surface area (Å²) in [4.78, 5) is 10.6. The van der Waals surface area contributed by atoms with Crippen LogP contribution in [0, 0.1) is 17.2 Å². The lowest BCUT2D eigenvalue weighted by Gasteiger charge is -2.13. The van der Waals surface area contributed by atoms with Crippen molar-refractivity contribution in [2.45, 2.75) is 19.1 Å². The molecule has 1 N–H and O–H groups in total.